The smallest absolute Gasteiger partial charge is 0.0562 e. The van der Waals surface area contributed by atoms with E-state index in [0.717, 1.165) is 19.3 Å². The summed E-state index contributed by atoms with van der Waals surface area (Å²) < 4.78 is 4.80. The van der Waals surface area contributed by atoms with Crippen molar-refractivity contribution in [1.82, 2.24) is 0 Å². The van der Waals surface area contributed by atoms with Crippen molar-refractivity contribution < 1.29 is 9.84 Å². The number of aliphatic hydroxyl groups is 1. The SMILES string of the molecule is CCCC(O)CCOC. The number of aliphatic hydroxyl groups excluding tert-OH is 1. The fourth-order valence-electron chi connectivity index (χ4n) is 0.731. The standard InChI is InChI=1S/C7H16O2/c1-3-4-7(8)5-6-9-2/h7-8H,3-6H2,1-2H3. The van der Waals surface area contributed by atoms with Crippen molar-refractivity contribution >= 4 is 0 Å². The molecule has 0 heterocycles. The van der Waals surface area contributed by atoms with Gasteiger partial charge in [0, 0.05) is 13.7 Å². The van der Waals surface area contributed by atoms with Crippen molar-refractivity contribution in [3.63, 3.8) is 0 Å². The Morgan fingerprint density at radius 2 is 2.11 bits per heavy atom. The highest BCUT2D eigenvalue weighted by Gasteiger charge is 1.99. The van der Waals surface area contributed by atoms with Crippen molar-refractivity contribution in [2.45, 2.75) is 32.3 Å². The van der Waals surface area contributed by atoms with Crippen molar-refractivity contribution in [3.8, 4) is 0 Å². The van der Waals surface area contributed by atoms with E-state index >= 15 is 0 Å². The molecule has 0 rings (SSSR count). The lowest BCUT2D eigenvalue weighted by Crippen LogP contribution is -2.08. The zero-order valence-corrected chi connectivity index (χ0v) is 6.26. The van der Waals surface area contributed by atoms with Gasteiger partial charge in [-0.1, -0.05) is 13.3 Å². The van der Waals surface area contributed by atoms with Crippen molar-refractivity contribution in [2.24, 2.45) is 0 Å². The molecule has 0 saturated carbocycles. The molecule has 0 aliphatic heterocycles. The number of methoxy groups -OCH3 is 1. The molecule has 56 valence electrons. The van der Waals surface area contributed by atoms with E-state index in [-0.39, 0.29) is 6.10 Å². The van der Waals surface area contributed by atoms with Crippen LogP contribution < -0.4 is 0 Å². The molecule has 0 aliphatic carbocycles. The van der Waals surface area contributed by atoms with Crippen molar-refractivity contribution in [2.75, 3.05) is 13.7 Å². The van der Waals surface area contributed by atoms with Crippen LogP contribution in [0.1, 0.15) is 26.2 Å². The lowest BCUT2D eigenvalue weighted by Gasteiger charge is -2.06. The van der Waals surface area contributed by atoms with E-state index in [1.165, 1.54) is 0 Å². The largest absolute Gasteiger partial charge is 0.393 e. The van der Waals surface area contributed by atoms with Gasteiger partial charge in [0.25, 0.3) is 0 Å². The average Bonchev–Trinajstić information content (AvgIpc) is 1.85. The lowest BCUT2D eigenvalue weighted by molar-refractivity contribution is 0.103. The molecule has 0 aromatic rings. The maximum atomic E-state index is 9.10. The van der Waals surface area contributed by atoms with Gasteiger partial charge in [-0.05, 0) is 12.8 Å². The van der Waals surface area contributed by atoms with Crippen LogP contribution in [0.5, 0.6) is 0 Å². The molecule has 2 heteroatoms. The zero-order chi connectivity index (χ0) is 7.11. The Bertz CT molecular complexity index is 54.9. The first-order valence-electron chi connectivity index (χ1n) is 3.48. The third kappa shape index (κ3) is 5.80. The Labute approximate surface area is 56.8 Å². The second-order valence-corrected chi connectivity index (χ2v) is 2.22. The first-order valence-corrected chi connectivity index (χ1v) is 3.48. The molecule has 0 spiro atoms. The monoisotopic (exact) mass is 132 g/mol. The van der Waals surface area contributed by atoms with Crippen LogP contribution in [0.15, 0.2) is 0 Å². The molecule has 9 heavy (non-hydrogen) atoms. The van der Waals surface area contributed by atoms with Gasteiger partial charge < -0.3 is 9.84 Å². The molecule has 0 bridgehead atoms. The Hall–Kier alpha value is -0.0800. The summed E-state index contributed by atoms with van der Waals surface area (Å²) >= 11 is 0. The number of hydrogen-bond acceptors (Lipinski definition) is 2. The van der Waals surface area contributed by atoms with E-state index in [0.29, 0.717) is 6.61 Å². The van der Waals surface area contributed by atoms with Gasteiger partial charge in [-0.3, -0.25) is 0 Å². The maximum absolute atomic E-state index is 9.10. The molecular weight excluding hydrogens is 116 g/mol. The zero-order valence-electron chi connectivity index (χ0n) is 6.26. The van der Waals surface area contributed by atoms with Crippen LogP contribution in [0.25, 0.3) is 0 Å². The molecule has 0 aromatic heterocycles. The third-order valence-electron chi connectivity index (χ3n) is 1.28. The number of hydrogen-bond donors (Lipinski definition) is 1. The summed E-state index contributed by atoms with van der Waals surface area (Å²) in [6.07, 6.45) is 2.55. The van der Waals surface area contributed by atoms with Crippen LogP contribution in [0.2, 0.25) is 0 Å². The molecule has 2 nitrogen and oxygen atoms in total. The predicted octanol–water partition coefficient (Wildman–Crippen LogP) is 1.18. The normalized spacial score (nSPS) is 13.7. The molecule has 0 fully saturated rings. The molecule has 0 amide bonds. The summed E-state index contributed by atoms with van der Waals surface area (Å²) in [4.78, 5) is 0. The van der Waals surface area contributed by atoms with Crippen LogP contribution >= 0.6 is 0 Å². The van der Waals surface area contributed by atoms with Gasteiger partial charge in [0.2, 0.25) is 0 Å². The fourth-order valence-corrected chi connectivity index (χ4v) is 0.731. The van der Waals surface area contributed by atoms with Crippen LogP contribution in [-0.4, -0.2) is 24.9 Å². The molecule has 1 atom stereocenters. The molecule has 0 radical (unpaired) electrons. The highest BCUT2D eigenvalue weighted by atomic mass is 16.5. The first-order chi connectivity index (χ1) is 4.31. The Morgan fingerprint density at radius 3 is 2.56 bits per heavy atom. The highest BCUT2D eigenvalue weighted by Crippen LogP contribution is 1.99. The second kappa shape index (κ2) is 6.05. The number of rotatable bonds is 5. The predicted molar refractivity (Wildman–Crippen MR) is 37.4 cm³/mol. The summed E-state index contributed by atoms with van der Waals surface area (Å²) in [5.74, 6) is 0. The maximum Gasteiger partial charge on any atom is 0.0562 e. The minimum absolute atomic E-state index is 0.157. The first kappa shape index (κ1) is 8.92. The van der Waals surface area contributed by atoms with Crippen LogP contribution in [0, 0.1) is 0 Å². The highest BCUT2D eigenvalue weighted by molar-refractivity contribution is 4.52. The summed E-state index contributed by atoms with van der Waals surface area (Å²) in [6, 6.07) is 0. The molecular formula is C7H16O2. The molecule has 1 N–H and O–H groups in total. The Balaban J connectivity index is 2.95. The van der Waals surface area contributed by atoms with E-state index in [1.54, 1.807) is 7.11 Å². The molecule has 0 aromatic carbocycles. The van der Waals surface area contributed by atoms with Crippen molar-refractivity contribution in [1.29, 1.82) is 0 Å². The van der Waals surface area contributed by atoms with E-state index in [1.807, 2.05) is 0 Å². The summed E-state index contributed by atoms with van der Waals surface area (Å²) in [5, 5.41) is 9.10. The average molecular weight is 132 g/mol. The summed E-state index contributed by atoms with van der Waals surface area (Å²) in [7, 11) is 1.65. The summed E-state index contributed by atoms with van der Waals surface area (Å²) in [6.45, 7) is 2.73. The molecule has 1 unspecified atom stereocenters. The second-order valence-electron chi connectivity index (χ2n) is 2.22. The van der Waals surface area contributed by atoms with Crippen molar-refractivity contribution in [3.05, 3.63) is 0 Å². The quantitative estimate of drug-likeness (QED) is 0.608. The Morgan fingerprint density at radius 1 is 1.44 bits per heavy atom. The van der Waals surface area contributed by atoms with Gasteiger partial charge in [0.15, 0.2) is 0 Å². The van der Waals surface area contributed by atoms with Gasteiger partial charge in [0.1, 0.15) is 0 Å². The third-order valence-corrected chi connectivity index (χ3v) is 1.28. The lowest BCUT2D eigenvalue weighted by atomic mass is 10.1. The van der Waals surface area contributed by atoms with Gasteiger partial charge in [-0.2, -0.15) is 0 Å². The minimum atomic E-state index is -0.157. The van der Waals surface area contributed by atoms with Crippen LogP contribution in [0.4, 0.5) is 0 Å². The van der Waals surface area contributed by atoms with E-state index in [9.17, 15) is 0 Å². The Kier molecular flexibility index (Phi) is 5.99. The number of ether oxygens (including phenoxy) is 1. The summed E-state index contributed by atoms with van der Waals surface area (Å²) in [5.41, 5.74) is 0. The van der Waals surface area contributed by atoms with Gasteiger partial charge in [0.05, 0.1) is 6.10 Å². The van der Waals surface area contributed by atoms with E-state index in [4.69, 9.17) is 9.84 Å². The van der Waals surface area contributed by atoms with Gasteiger partial charge in [-0.25, -0.2) is 0 Å². The minimum Gasteiger partial charge on any atom is -0.393 e. The van der Waals surface area contributed by atoms with Gasteiger partial charge in [-0.15, -0.1) is 0 Å². The van der Waals surface area contributed by atoms with Gasteiger partial charge >= 0.3 is 0 Å². The molecule has 0 aliphatic rings. The van der Waals surface area contributed by atoms with Crippen LogP contribution in [-0.2, 0) is 4.74 Å². The van der Waals surface area contributed by atoms with E-state index in [2.05, 4.69) is 6.92 Å². The van der Waals surface area contributed by atoms with Crippen LogP contribution in [0.3, 0.4) is 0 Å². The fraction of sp³-hybridized carbons (Fsp3) is 1.00. The van der Waals surface area contributed by atoms with E-state index < -0.39 is 0 Å². The topological polar surface area (TPSA) is 29.5 Å². The molecule has 0 saturated heterocycles.